The van der Waals surface area contributed by atoms with E-state index in [0.717, 1.165) is 25.8 Å². The molecule has 0 aromatic heterocycles. The Bertz CT molecular complexity index is 277. The van der Waals surface area contributed by atoms with E-state index in [-0.39, 0.29) is 36.4 Å². The highest BCUT2D eigenvalue weighted by Gasteiger charge is 2.34. The summed E-state index contributed by atoms with van der Waals surface area (Å²) in [6.45, 7) is 2.77. The van der Waals surface area contributed by atoms with Crippen LogP contribution in [0.5, 0.6) is 0 Å². The van der Waals surface area contributed by atoms with E-state index < -0.39 is 0 Å². The monoisotopic (exact) mass is 292 g/mol. The van der Waals surface area contributed by atoms with E-state index in [2.05, 4.69) is 10.6 Å². The minimum absolute atomic E-state index is 0. The molecule has 0 radical (unpaired) electrons. The highest BCUT2D eigenvalue weighted by Crippen LogP contribution is 2.40. The van der Waals surface area contributed by atoms with Gasteiger partial charge in [-0.2, -0.15) is 0 Å². The van der Waals surface area contributed by atoms with Crippen LogP contribution in [-0.2, 0) is 9.53 Å². The van der Waals surface area contributed by atoms with Gasteiger partial charge in [-0.3, -0.25) is 4.79 Å². The van der Waals surface area contributed by atoms with Crippen molar-refractivity contribution in [1.29, 1.82) is 0 Å². The van der Waals surface area contributed by atoms with Crippen molar-refractivity contribution in [3.8, 4) is 0 Å². The molecule has 1 saturated carbocycles. The zero-order chi connectivity index (χ0) is 12.8. The standard InChI is InChI=1S/C13H24N2O3.ClH/c16-7-5-13(3-1-2-4-13)10-15-12(17)11-9-18-8-6-14-11;/h11,14,16H,1-10H2,(H,15,17);1H. The van der Waals surface area contributed by atoms with Gasteiger partial charge in [0.15, 0.2) is 0 Å². The van der Waals surface area contributed by atoms with Gasteiger partial charge in [-0.05, 0) is 24.7 Å². The fourth-order valence-corrected chi connectivity index (χ4v) is 3.01. The lowest BCUT2D eigenvalue weighted by molar-refractivity contribution is -0.126. The molecule has 1 atom stereocenters. The number of aliphatic hydroxyl groups is 1. The lowest BCUT2D eigenvalue weighted by Gasteiger charge is -2.30. The molecule has 112 valence electrons. The van der Waals surface area contributed by atoms with Crippen molar-refractivity contribution >= 4 is 18.3 Å². The molecule has 0 aromatic rings. The maximum atomic E-state index is 12.0. The third kappa shape index (κ3) is 4.60. The van der Waals surface area contributed by atoms with Crippen LogP contribution in [0.25, 0.3) is 0 Å². The Balaban J connectivity index is 0.00000180. The van der Waals surface area contributed by atoms with Crippen LogP contribution < -0.4 is 10.6 Å². The van der Waals surface area contributed by atoms with Crippen molar-refractivity contribution in [3.63, 3.8) is 0 Å². The van der Waals surface area contributed by atoms with Crippen LogP contribution in [0.15, 0.2) is 0 Å². The fourth-order valence-electron chi connectivity index (χ4n) is 3.01. The first-order valence-corrected chi connectivity index (χ1v) is 6.95. The van der Waals surface area contributed by atoms with E-state index in [1.165, 1.54) is 12.8 Å². The first kappa shape index (κ1) is 16.7. The van der Waals surface area contributed by atoms with Crippen molar-refractivity contribution < 1.29 is 14.6 Å². The van der Waals surface area contributed by atoms with E-state index in [0.29, 0.717) is 19.8 Å². The Morgan fingerprint density at radius 3 is 2.74 bits per heavy atom. The molecule has 1 saturated heterocycles. The Hall–Kier alpha value is -0.360. The molecular weight excluding hydrogens is 268 g/mol. The predicted molar refractivity (Wildman–Crippen MR) is 75.5 cm³/mol. The second kappa shape index (κ2) is 8.04. The van der Waals surface area contributed by atoms with Gasteiger partial charge < -0.3 is 20.5 Å². The highest BCUT2D eigenvalue weighted by atomic mass is 35.5. The van der Waals surface area contributed by atoms with Crippen molar-refractivity contribution in [2.45, 2.75) is 38.1 Å². The van der Waals surface area contributed by atoms with Crippen molar-refractivity contribution in [1.82, 2.24) is 10.6 Å². The van der Waals surface area contributed by atoms with Crippen LogP contribution in [0.3, 0.4) is 0 Å². The van der Waals surface area contributed by atoms with Gasteiger partial charge >= 0.3 is 0 Å². The number of rotatable bonds is 5. The fraction of sp³-hybridized carbons (Fsp3) is 0.923. The van der Waals surface area contributed by atoms with Gasteiger partial charge in [0.25, 0.3) is 0 Å². The normalized spacial score (nSPS) is 25.6. The largest absolute Gasteiger partial charge is 0.396 e. The first-order chi connectivity index (χ1) is 8.76. The zero-order valence-corrected chi connectivity index (χ0v) is 12.1. The minimum Gasteiger partial charge on any atom is -0.396 e. The number of carbonyl (C=O) groups excluding carboxylic acids is 1. The summed E-state index contributed by atoms with van der Waals surface area (Å²) < 4.78 is 5.28. The molecule has 1 aliphatic carbocycles. The molecule has 2 rings (SSSR count). The topological polar surface area (TPSA) is 70.6 Å². The molecule has 1 aliphatic heterocycles. The summed E-state index contributed by atoms with van der Waals surface area (Å²) in [5.74, 6) is 0.0268. The minimum atomic E-state index is -0.216. The SMILES string of the molecule is Cl.O=C(NCC1(CCO)CCCC1)C1COCCN1. The second-order valence-electron chi connectivity index (χ2n) is 5.48. The number of aliphatic hydroxyl groups excluding tert-OH is 1. The summed E-state index contributed by atoms with van der Waals surface area (Å²) in [5, 5.41) is 15.3. The number of nitrogens with one attached hydrogen (secondary N) is 2. The Labute approximate surface area is 120 Å². The summed E-state index contributed by atoms with van der Waals surface area (Å²) in [4.78, 5) is 12.0. The molecule has 0 spiro atoms. The van der Waals surface area contributed by atoms with Gasteiger partial charge in [0, 0.05) is 19.7 Å². The van der Waals surface area contributed by atoms with Gasteiger partial charge in [0.1, 0.15) is 6.04 Å². The summed E-state index contributed by atoms with van der Waals surface area (Å²) in [6, 6.07) is -0.216. The molecule has 0 aromatic carbocycles. The molecule has 1 unspecified atom stereocenters. The second-order valence-corrected chi connectivity index (χ2v) is 5.48. The van der Waals surface area contributed by atoms with Crippen LogP contribution >= 0.6 is 12.4 Å². The molecule has 2 fully saturated rings. The quantitative estimate of drug-likeness (QED) is 0.688. The molecule has 5 nitrogen and oxygen atoms in total. The first-order valence-electron chi connectivity index (χ1n) is 6.95. The number of hydrogen-bond donors (Lipinski definition) is 3. The molecular formula is C13H25ClN2O3. The Kier molecular flexibility index (Phi) is 7.07. The Morgan fingerprint density at radius 1 is 1.42 bits per heavy atom. The average Bonchev–Trinajstić information content (AvgIpc) is 2.87. The molecule has 19 heavy (non-hydrogen) atoms. The average molecular weight is 293 g/mol. The maximum absolute atomic E-state index is 12.0. The number of carbonyl (C=O) groups is 1. The van der Waals surface area contributed by atoms with Crippen molar-refractivity contribution in [3.05, 3.63) is 0 Å². The van der Waals surface area contributed by atoms with Crippen LogP contribution in [-0.4, -0.2) is 50.0 Å². The predicted octanol–water partition coefficient (Wildman–Crippen LogP) is 0.456. The Morgan fingerprint density at radius 2 is 2.16 bits per heavy atom. The number of amides is 1. The summed E-state index contributed by atoms with van der Waals surface area (Å²) >= 11 is 0. The van der Waals surface area contributed by atoms with E-state index >= 15 is 0 Å². The smallest absolute Gasteiger partial charge is 0.239 e. The van der Waals surface area contributed by atoms with Crippen LogP contribution in [0.4, 0.5) is 0 Å². The molecule has 1 amide bonds. The van der Waals surface area contributed by atoms with E-state index in [1.54, 1.807) is 0 Å². The molecule has 0 bridgehead atoms. The third-order valence-electron chi connectivity index (χ3n) is 4.18. The third-order valence-corrected chi connectivity index (χ3v) is 4.18. The zero-order valence-electron chi connectivity index (χ0n) is 11.3. The van der Waals surface area contributed by atoms with Gasteiger partial charge in [-0.25, -0.2) is 0 Å². The lowest BCUT2D eigenvalue weighted by atomic mass is 9.83. The van der Waals surface area contributed by atoms with E-state index in [1.807, 2.05) is 0 Å². The van der Waals surface area contributed by atoms with E-state index in [9.17, 15) is 4.79 Å². The molecule has 6 heteroatoms. The molecule has 2 aliphatic rings. The molecule has 3 N–H and O–H groups in total. The summed E-state index contributed by atoms with van der Waals surface area (Å²) in [5.41, 5.74) is 0.125. The van der Waals surface area contributed by atoms with Gasteiger partial charge in [0.2, 0.25) is 5.91 Å². The molecule has 1 heterocycles. The van der Waals surface area contributed by atoms with E-state index in [4.69, 9.17) is 9.84 Å². The van der Waals surface area contributed by atoms with Crippen molar-refractivity contribution in [2.75, 3.05) is 32.9 Å². The number of halogens is 1. The van der Waals surface area contributed by atoms with Crippen LogP contribution in [0.2, 0.25) is 0 Å². The van der Waals surface area contributed by atoms with Crippen LogP contribution in [0.1, 0.15) is 32.1 Å². The summed E-state index contributed by atoms with van der Waals surface area (Å²) in [6.07, 6.45) is 5.44. The van der Waals surface area contributed by atoms with Crippen LogP contribution in [0, 0.1) is 5.41 Å². The maximum Gasteiger partial charge on any atom is 0.239 e. The number of hydrogen-bond acceptors (Lipinski definition) is 4. The van der Waals surface area contributed by atoms with Gasteiger partial charge in [0.05, 0.1) is 13.2 Å². The number of morpholine rings is 1. The van der Waals surface area contributed by atoms with Gasteiger partial charge in [-0.15, -0.1) is 12.4 Å². The van der Waals surface area contributed by atoms with Crippen molar-refractivity contribution in [2.24, 2.45) is 5.41 Å². The summed E-state index contributed by atoms with van der Waals surface area (Å²) in [7, 11) is 0. The highest BCUT2D eigenvalue weighted by molar-refractivity contribution is 5.85. The van der Waals surface area contributed by atoms with Gasteiger partial charge in [-0.1, -0.05) is 12.8 Å². The number of ether oxygens (including phenoxy) is 1. The lowest BCUT2D eigenvalue weighted by Crippen LogP contribution is -2.52.